The first-order valence-electron chi connectivity index (χ1n) is 8.30. The number of benzene rings is 2. The third-order valence-corrected chi connectivity index (χ3v) is 4.14. The van der Waals surface area contributed by atoms with Crippen molar-refractivity contribution in [2.75, 3.05) is 0 Å². The van der Waals surface area contributed by atoms with Crippen LogP contribution in [0.15, 0.2) is 65.1 Å². The van der Waals surface area contributed by atoms with Crippen molar-refractivity contribution in [3.8, 4) is 11.6 Å². The molecule has 0 saturated heterocycles. The van der Waals surface area contributed by atoms with Crippen LogP contribution < -0.4 is 0 Å². The Bertz CT molecular complexity index is 953. The number of nitrogens with zero attached hydrogens (tertiary/aromatic N) is 3. The van der Waals surface area contributed by atoms with Crippen molar-refractivity contribution < 1.29 is 4.42 Å². The van der Waals surface area contributed by atoms with E-state index >= 15 is 0 Å². The number of hydrogen-bond donors (Lipinski definition) is 0. The maximum atomic E-state index is 5.87. The highest BCUT2D eigenvalue weighted by molar-refractivity contribution is 5.85. The molecular formula is C20H19N3O. The van der Waals surface area contributed by atoms with Gasteiger partial charge in [-0.15, -0.1) is 10.2 Å². The minimum absolute atomic E-state index is 0.589. The summed E-state index contributed by atoms with van der Waals surface area (Å²) in [5, 5.41) is 9.62. The Balaban J connectivity index is 1.83. The Morgan fingerprint density at radius 1 is 0.958 bits per heavy atom. The topological polar surface area (TPSA) is 43.9 Å². The molecule has 0 aliphatic rings. The summed E-state index contributed by atoms with van der Waals surface area (Å²) in [6.07, 6.45) is 1.81. The highest BCUT2D eigenvalue weighted by Gasteiger charge is 2.16. The molecule has 0 atom stereocenters. The largest absolute Gasteiger partial charge is 0.419 e. The number of rotatable bonds is 5. The van der Waals surface area contributed by atoms with Gasteiger partial charge in [-0.3, -0.25) is 0 Å². The van der Waals surface area contributed by atoms with Crippen LogP contribution in [0.4, 0.5) is 0 Å². The minimum atomic E-state index is 0.589. The Hall–Kier alpha value is -2.88. The lowest BCUT2D eigenvalue weighted by atomic mass is 10.2. The van der Waals surface area contributed by atoms with Crippen LogP contribution in [0, 0.1) is 0 Å². The van der Waals surface area contributed by atoms with Crippen LogP contribution in [0.3, 0.4) is 0 Å². The normalized spacial score (nSPS) is 11.2. The van der Waals surface area contributed by atoms with Crippen molar-refractivity contribution in [2.45, 2.75) is 26.3 Å². The van der Waals surface area contributed by atoms with Crippen molar-refractivity contribution in [2.24, 2.45) is 0 Å². The van der Waals surface area contributed by atoms with E-state index in [1.54, 1.807) is 0 Å². The summed E-state index contributed by atoms with van der Waals surface area (Å²) in [6.45, 7) is 2.88. The Kier molecular flexibility index (Phi) is 3.87. The van der Waals surface area contributed by atoms with Crippen molar-refractivity contribution in [3.63, 3.8) is 0 Å². The van der Waals surface area contributed by atoms with E-state index in [0.29, 0.717) is 11.8 Å². The first-order valence-corrected chi connectivity index (χ1v) is 8.30. The molecule has 0 spiro atoms. The number of para-hydroxylation sites is 1. The van der Waals surface area contributed by atoms with Gasteiger partial charge in [-0.05, 0) is 24.1 Å². The van der Waals surface area contributed by atoms with Gasteiger partial charge in [-0.2, -0.15) is 0 Å². The standard InChI is InChI=1S/C20H19N3O/c1-2-8-19-21-22-20(24-19)18-13-16-11-6-7-12-17(16)23(18)14-15-9-4-3-5-10-15/h3-7,9-13H,2,8,14H2,1H3. The first kappa shape index (κ1) is 14.7. The lowest BCUT2D eigenvalue weighted by Crippen LogP contribution is -2.01. The summed E-state index contributed by atoms with van der Waals surface area (Å²) in [4.78, 5) is 0. The van der Waals surface area contributed by atoms with Crippen molar-refractivity contribution in [1.82, 2.24) is 14.8 Å². The molecule has 2 heterocycles. The van der Waals surface area contributed by atoms with Gasteiger partial charge in [0.05, 0.1) is 0 Å². The van der Waals surface area contributed by atoms with E-state index < -0.39 is 0 Å². The molecule has 4 heteroatoms. The average molecular weight is 317 g/mol. The van der Waals surface area contributed by atoms with Gasteiger partial charge in [0.1, 0.15) is 5.69 Å². The zero-order valence-corrected chi connectivity index (χ0v) is 13.6. The summed E-state index contributed by atoms with van der Waals surface area (Å²) in [6, 6.07) is 20.9. The monoisotopic (exact) mass is 317 g/mol. The molecule has 4 aromatic rings. The summed E-state index contributed by atoms with van der Waals surface area (Å²) < 4.78 is 8.12. The fourth-order valence-corrected chi connectivity index (χ4v) is 3.00. The van der Waals surface area contributed by atoms with Crippen LogP contribution >= 0.6 is 0 Å². The molecule has 0 amide bonds. The molecule has 4 nitrogen and oxygen atoms in total. The molecule has 120 valence electrons. The smallest absolute Gasteiger partial charge is 0.264 e. The van der Waals surface area contributed by atoms with Crippen LogP contribution in [0.25, 0.3) is 22.5 Å². The van der Waals surface area contributed by atoms with Crippen LogP contribution in [-0.2, 0) is 13.0 Å². The predicted molar refractivity (Wildman–Crippen MR) is 94.8 cm³/mol. The highest BCUT2D eigenvalue weighted by Crippen LogP contribution is 2.28. The lowest BCUT2D eigenvalue weighted by molar-refractivity contribution is 0.498. The van der Waals surface area contributed by atoms with Crippen LogP contribution in [0.2, 0.25) is 0 Å². The maximum Gasteiger partial charge on any atom is 0.264 e. The fraction of sp³-hybridized carbons (Fsp3) is 0.200. The number of aryl methyl sites for hydroxylation is 1. The predicted octanol–water partition coefficient (Wildman–Crippen LogP) is 4.69. The quantitative estimate of drug-likeness (QED) is 0.536. The second-order valence-electron chi connectivity index (χ2n) is 5.91. The second-order valence-corrected chi connectivity index (χ2v) is 5.91. The van der Waals surface area contributed by atoms with Crippen LogP contribution in [0.1, 0.15) is 24.8 Å². The molecular weight excluding hydrogens is 298 g/mol. The lowest BCUT2D eigenvalue weighted by Gasteiger charge is -2.09. The van der Waals surface area contributed by atoms with E-state index in [1.165, 1.54) is 16.5 Å². The minimum Gasteiger partial charge on any atom is -0.419 e. The Morgan fingerprint density at radius 2 is 1.75 bits per heavy atom. The van der Waals surface area contributed by atoms with E-state index in [2.05, 4.69) is 76.3 Å². The van der Waals surface area contributed by atoms with Crippen LogP contribution in [-0.4, -0.2) is 14.8 Å². The molecule has 0 aliphatic carbocycles. The Labute approximate surface area is 140 Å². The first-order chi connectivity index (χ1) is 11.8. The summed E-state index contributed by atoms with van der Waals surface area (Å²) >= 11 is 0. The molecule has 2 aromatic carbocycles. The Morgan fingerprint density at radius 3 is 2.58 bits per heavy atom. The molecule has 0 N–H and O–H groups in total. The van der Waals surface area contributed by atoms with Gasteiger partial charge in [-0.1, -0.05) is 55.5 Å². The van der Waals surface area contributed by atoms with E-state index in [-0.39, 0.29) is 0 Å². The molecule has 4 rings (SSSR count). The van der Waals surface area contributed by atoms with Crippen molar-refractivity contribution >= 4 is 10.9 Å². The zero-order chi connectivity index (χ0) is 16.4. The van der Waals surface area contributed by atoms with E-state index in [1.807, 2.05) is 6.07 Å². The fourth-order valence-electron chi connectivity index (χ4n) is 3.00. The van der Waals surface area contributed by atoms with E-state index in [9.17, 15) is 0 Å². The number of hydrogen-bond acceptors (Lipinski definition) is 3. The molecule has 2 aromatic heterocycles. The third kappa shape index (κ3) is 2.71. The molecule has 0 aliphatic heterocycles. The highest BCUT2D eigenvalue weighted by atomic mass is 16.4. The van der Waals surface area contributed by atoms with E-state index in [0.717, 1.165) is 25.1 Å². The van der Waals surface area contributed by atoms with Gasteiger partial charge >= 0.3 is 0 Å². The maximum absolute atomic E-state index is 5.87. The number of fused-ring (bicyclic) bond motifs is 1. The number of aromatic nitrogens is 3. The molecule has 0 bridgehead atoms. The molecule has 0 saturated carbocycles. The van der Waals surface area contributed by atoms with Gasteiger partial charge in [0.15, 0.2) is 0 Å². The van der Waals surface area contributed by atoms with E-state index in [4.69, 9.17) is 4.42 Å². The summed E-state index contributed by atoms with van der Waals surface area (Å²) in [5.41, 5.74) is 3.38. The SMILES string of the molecule is CCCc1nnc(-c2cc3ccccc3n2Cc2ccccc2)o1. The van der Waals surface area contributed by atoms with Crippen molar-refractivity contribution in [1.29, 1.82) is 0 Å². The van der Waals surface area contributed by atoms with Gasteiger partial charge in [0.2, 0.25) is 5.89 Å². The summed E-state index contributed by atoms with van der Waals surface area (Å²) in [5.74, 6) is 1.29. The molecule has 0 unspecified atom stereocenters. The average Bonchev–Trinajstić information content (AvgIpc) is 3.21. The van der Waals surface area contributed by atoms with Gasteiger partial charge in [0.25, 0.3) is 5.89 Å². The molecule has 0 fully saturated rings. The van der Waals surface area contributed by atoms with Crippen LogP contribution in [0.5, 0.6) is 0 Å². The van der Waals surface area contributed by atoms with Gasteiger partial charge < -0.3 is 8.98 Å². The third-order valence-electron chi connectivity index (χ3n) is 4.14. The second kappa shape index (κ2) is 6.32. The van der Waals surface area contributed by atoms with Gasteiger partial charge in [0, 0.05) is 23.9 Å². The molecule has 24 heavy (non-hydrogen) atoms. The molecule has 0 radical (unpaired) electrons. The summed E-state index contributed by atoms with van der Waals surface area (Å²) in [7, 11) is 0. The van der Waals surface area contributed by atoms with Crippen molar-refractivity contribution in [3.05, 3.63) is 72.1 Å². The zero-order valence-electron chi connectivity index (χ0n) is 13.6. The van der Waals surface area contributed by atoms with Gasteiger partial charge in [-0.25, -0.2) is 0 Å².